The van der Waals surface area contributed by atoms with Crippen LogP contribution in [-0.2, 0) is 6.18 Å². The summed E-state index contributed by atoms with van der Waals surface area (Å²) in [5.74, 6) is 0.0646. The Balaban J connectivity index is 2.22. The van der Waals surface area contributed by atoms with Crippen LogP contribution in [0.4, 0.5) is 13.2 Å². The number of rotatable bonds is 1. The first-order valence-corrected chi connectivity index (χ1v) is 5.03. The summed E-state index contributed by atoms with van der Waals surface area (Å²) in [6, 6.07) is 2.46. The van der Waals surface area contributed by atoms with Crippen molar-refractivity contribution < 1.29 is 13.2 Å². The van der Waals surface area contributed by atoms with Crippen LogP contribution in [0.3, 0.4) is 0 Å². The summed E-state index contributed by atoms with van der Waals surface area (Å²) >= 11 is 0. The Morgan fingerprint density at radius 3 is 2.19 bits per heavy atom. The molecule has 0 amide bonds. The number of alkyl halides is 3. The number of nitrogens with two attached hydrogens (primary N) is 1. The van der Waals surface area contributed by atoms with Crippen LogP contribution in [-0.4, -0.2) is 11.0 Å². The van der Waals surface area contributed by atoms with E-state index in [-0.39, 0.29) is 17.4 Å². The van der Waals surface area contributed by atoms with E-state index in [9.17, 15) is 13.2 Å². The summed E-state index contributed by atoms with van der Waals surface area (Å²) in [5.41, 5.74) is 5.70. The average Bonchev–Trinajstić information content (AvgIpc) is 2.65. The van der Waals surface area contributed by atoms with Crippen molar-refractivity contribution in [2.75, 3.05) is 0 Å². The van der Waals surface area contributed by atoms with E-state index in [0.717, 1.165) is 12.3 Å². The minimum atomic E-state index is -4.33. The van der Waals surface area contributed by atoms with Gasteiger partial charge in [0, 0.05) is 23.9 Å². The molecule has 0 saturated heterocycles. The van der Waals surface area contributed by atoms with E-state index in [2.05, 4.69) is 4.98 Å². The predicted octanol–water partition coefficient (Wildman–Crippen LogP) is 2.55. The van der Waals surface area contributed by atoms with Crippen molar-refractivity contribution in [3.05, 3.63) is 29.6 Å². The third-order valence-electron chi connectivity index (χ3n) is 3.34. The van der Waals surface area contributed by atoms with Crippen LogP contribution in [0.2, 0.25) is 0 Å². The minimum Gasteiger partial charge on any atom is -0.327 e. The van der Waals surface area contributed by atoms with Gasteiger partial charge in [0.2, 0.25) is 0 Å². The Morgan fingerprint density at radius 1 is 1.31 bits per heavy atom. The van der Waals surface area contributed by atoms with Crippen LogP contribution < -0.4 is 5.73 Å². The maximum absolute atomic E-state index is 12.3. The van der Waals surface area contributed by atoms with Gasteiger partial charge in [0.05, 0.1) is 5.56 Å². The van der Waals surface area contributed by atoms with E-state index in [1.54, 1.807) is 0 Å². The lowest BCUT2D eigenvalue weighted by molar-refractivity contribution is -0.137. The first-order chi connectivity index (χ1) is 7.24. The standard InChI is InChI=1S/C11H13F3N2/c1-10(2)8(9(10)15)7-4-3-6(5-16-7)11(12,13)14/h3-5,8-9H,15H2,1-2H3. The second-order valence-corrected chi connectivity index (χ2v) is 4.79. The fourth-order valence-corrected chi connectivity index (χ4v) is 2.00. The van der Waals surface area contributed by atoms with E-state index in [4.69, 9.17) is 5.73 Å². The molecule has 2 rings (SSSR count). The molecule has 1 aromatic heterocycles. The molecule has 5 heteroatoms. The lowest BCUT2D eigenvalue weighted by Gasteiger charge is -2.07. The fraction of sp³-hybridized carbons (Fsp3) is 0.545. The van der Waals surface area contributed by atoms with Crippen molar-refractivity contribution in [1.29, 1.82) is 0 Å². The molecule has 0 aromatic carbocycles. The molecule has 1 fully saturated rings. The highest BCUT2D eigenvalue weighted by Gasteiger charge is 2.57. The first-order valence-electron chi connectivity index (χ1n) is 5.03. The molecule has 1 aliphatic carbocycles. The molecule has 2 atom stereocenters. The molecular formula is C11H13F3N2. The summed E-state index contributed by atoms with van der Waals surface area (Å²) in [6.45, 7) is 3.98. The molecule has 1 aliphatic rings. The van der Waals surface area contributed by atoms with Gasteiger partial charge in [0.25, 0.3) is 0 Å². The topological polar surface area (TPSA) is 38.9 Å². The summed E-state index contributed by atoms with van der Waals surface area (Å²) in [4.78, 5) is 3.85. The van der Waals surface area contributed by atoms with E-state index in [1.807, 2.05) is 13.8 Å². The molecule has 1 aromatic rings. The molecule has 0 spiro atoms. The second kappa shape index (κ2) is 3.20. The van der Waals surface area contributed by atoms with E-state index < -0.39 is 11.7 Å². The molecule has 88 valence electrons. The molecule has 2 N–H and O–H groups in total. The zero-order valence-corrected chi connectivity index (χ0v) is 9.05. The number of halogens is 3. The van der Waals surface area contributed by atoms with Crippen LogP contribution in [0.5, 0.6) is 0 Å². The summed E-state index contributed by atoms with van der Waals surface area (Å²) in [6.07, 6.45) is -3.46. The Kier molecular flexibility index (Phi) is 2.28. The molecule has 0 aliphatic heterocycles. The highest BCUT2D eigenvalue weighted by molar-refractivity contribution is 5.30. The highest BCUT2D eigenvalue weighted by Crippen LogP contribution is 2.56. The maximum Gasteiger partial charge on any atom is 0.417 e. The van der Waals surface area contributed by atoms with Crippen LogP contribution in [0, 0.1) is 5.41 Å². The van der Waals surface area contributed by atoms with Crippen molar-refractivity contribution in [2.45, 2.75) is 32.0 Å². The number of hydrogen-bond acceptors (Lipinski definition) is 2. The molecule has 2 unspecified atom stereocenters. The zero-order valence-electron chi connectivity index (χ0n) is 9.05. The summed E-state index contributed by atoms with van der Waals surface area (Å²) in [7, 11) is 0. The predicted molar refractivity (Wildman–Crippen MR) is 53.7 cm³/mol. The lowest BCUT2D eigenvalue weighted by atomic mass is 10.1. The van der Waals surface area contributed by atoms with Crippen LogP contribution in [0.1, 0.15) is 31.0 Å². The van der Waals surface area contributed by atoms with Gasteiger partial charge in [0.15, 0.2) is 0 Å². The highest BCUT2D eigenvalue weighted by atomic mass is 19.4. The van der Waals surface area contributed by atoms with E-state index in [0.29, 0.717) is 5.69 Å². The Hall–Kier alpha value is -1.10. The first kappa shape index (κ1) is 11.4. The largest absolute Gasteiger partial charge is 0.417 e. The third-order valence-corrected chi connectivity index (χ3v) is 3.34. The lowest BCUT2D eigenvalue weighted by Crippen LogP contribution is -2.07. The van der Waals surface area contributed by atoms with Crippen molar-refractivity contribution >= 4 is 0 Å². The Bertz CT molecular complexity index is 395. The Labute approximate surface area is 91.7 Å². The van der Waals surface area contributed by atoms with Crippen molar-refractivity contribution in [3.8, 4) is 0 Å². The van der Waals surface area contributed by atoms with Gasteiger partial charge in [-0.3, -0.25) is 4.98 Å². The van der Waals surface area contributed by atoms with Gasteiger partial charge in [0.1, 0.15) is 0 Å². The third kappa shape index (κ3) is 1.69. The van der Waals surface area contributed by atoms with Crippen molar-refractivity contribution in [1.82, 2.24) is 4.98 Å². The van der Waals surface area contributed by atoms with Gasteiger partial charge in [-0.2, -0.15) is 13.2 Å². The number of hydrogen-bond donors (Lipinski definition) is 1. The smallest absolute Gasteiger partial charge is 0.327 e. The second-order valence-electron chi connectivity index (χ2n) is 4.79. The number of nitrogens with zero attached hydrogens (tertiary/aromatic N) is 1. The zero-order chi connectivity index (χ0) is 12.1. The molecule has 1 saturated carbocycles. The van der Waals surface area contributed by atoms with Crippen molar-refractivity contribution in [3.63, 3.8) is 0 Å². The SMILES string of the molecule is CC1(C)C(N)C1c1ccc(C(F)(F)F)cn1. The minimum absolute atomic E-state index is 0.0169. The average molecular weight is 230 g/mol. The number of aromatic nitrogens is 1. The monoisotopic (exact) mass is 230 g/mol. The molecule has 0 radical (unpaired) electrons. The normalized spacial score (nSPS) is 27.9. The van der Waals surface area contributed by atoms with Crippen molar-refractivity contribution in [2.24, 2.45) is 11.1 Å². The maximum atomic E-state index is 12.3. The molecular weight excluding hydrogens is 217 g/mol. The number of pyridine rings is 1. The fourth-order valence-electron chi connectivity index (χ4n) is 2.00. The van der Waals surface area contributed by atoms with Gasteiger partial charge in [-0.25, -0.2) is 0 Å². The molecule has 0 bridgehead atoms. The van der Waals surface area contributed by atoms with Crippen LogP contribution in [0.15, 0.2) is 18.3 Å². The van der Waals surface area contributed by atoms with E-state index >= 15 is 0 Å². The molecule has 16 heavy (non-hydrogen) atoms. The van der Waals surface area contributed by atoms with Gasteiger partial charge in [-0.1, -0.05) is 13.8 Å². The Morgan fingerprint density at radius 2 is 1.88 bits per heavy atom. The summed E-state index contributed by atoms with van der Waals surface area (Å²) < 4.78 is 36.9. The van der Waals surface area contributed by atoms with Gasteiger partial charge >= 0.3 is 6.18 Å². The van der Waals surface area contributed by atoms with Crippen LogP contribution >= 0.6 is 0 Å². The van der Waals surface area contributed by atoms with Gasteiger partial charge in [-0.05, 0) is 17.5 Å². The van der Waals surface area contributed by atoms with E-state index in [1.165, 1.54) is 6.07 Å². The summed E-state index contributed by atoms with van der Waals surface area (Å²) in [5, 5.41) is 0. The van der Waals surface area contributed by atoms with Gasteiger partial charge in [-0.15, -0.1) is 0 Å². The molecule has 1 heterocycles. The quantitative estimate of drug-likeness (QED) is 0.805. The van der Waals surface area contributed by atoms with Gasteiger partial charge < -0.3 is 5.73 Å². The molecule has 2 nitrogen and oxygen atoms in total. The van der Waals surface area contributed by atoms with Crippen LogP contribution in [0.25, 0.3) is 0 Å².